The van der Waals surface area contributed by atoms with Gasteiger partial charge in [-0.1, -0.05) is 72.8 Å². The second-order valence-electron chi connectivity index (χ2n) is 11.2. The second kappa shape index (κ2) is 13.7. The first-order valence-electron chi connectivity index (χ1n) is 14.5. The van der Waals surface area contributed by atoms with Gasteiger partial charge in [-0.05, 0) is 87.6 Å². The summed E-state index contributed by atoms with van der Waals surface area (Å²) in [6.07, 6.45) is 5.12. The monoisotopic (exact) mass is 609 g/mol. The van der Waals surface area contributed by atoms with Gasteiger partial charge in [0.1, 0.15) is 12.6 Å². The van der Waals surface area contributed by atoms with Crippen LogP contribution in [0.15, 0.2) is 71.6 Å². The van der Waals surface area contributed by atoms with Gasteiger partial charge in [-0.15, -0.1) is 0 Å². The van der Waals surface area contributed by atoms with Gasteiger partial charge < -0.3 is 10.2 Å². The minimum atomic E-state index is -4.12. The SMILES string of the molecule is Cc1ccc(S(=O)(=O)N(CC(=O)N(Cc2ccc(Cl)cc2)[C@H](C)C(=O)NC2CCCCC2)c2cccc(C)c2C)cc1. The molecule has 0 unspecified atom stereocenters. The summed E-state index contributed by atoms with van der Waals surface area (Å²) in [5, 5.41) is 3.69. The van der Waals surface area contributed by atoms with Crippen LogP contribution in [-0.4, -0.2) is 43.8 Å². The van der Waals surface area contributed by atoms with Crippen molar-refractivity contribution in [2.24, 2.45) is 0 Å². The van der Waals surface area contributed by atoms with Crippen LogP contribution in [0, 0.1) is 20.8 Å². The third-order valence-electron chi connectivity index (χ3n) is 8.12. The summed E-state index contributed by atoms with van der Waals surface area (Å²) < 4.78 is 29.3. The van der Waals surface area contributed by atoms with Crippen LogP contribution < -0.4 is 9.62 Å². The molecule has 1 aliphatic carbocycles. The van der Waals surface area contributed by atoms with Crippen LogP contribution in [0.1, 0.15) is 61.3 Å². The number of rotatable bonds is 10. The highest BCUT2D eigenvalue weighted by molar-refractivity contribution is 7.92. The van der Waals surface area contributed by atoms with Crippen molar-refractivity contribution in [1.29, 1.82) is 0 Å². The molecule has 224 valence electrons. The summed E-state index contributed by atoms with van der Waals surface area (Å²) in [6, 6.07) is 18.3. The molecule has 7 nitrogen and oxygen atoms in total. The molecule has 4 rings (SSSR count). The number of benzene rings is 3. The summed E-state index contributed by atoms with van der Waals surface area (Å²) >= 11 is 6.10. The van der Waals surface area contributed by atoms with Crippen molar-refractivity contribution in [3.63, 3.8) is 0 Å². The normalized spacial score (nSPS) is 14.7. The van der Waals surface area contributed by atoms with Crippen LogP contribution in [0.3, 0.4) is 0 Å². The van der Waals surface area contributed by atoms with Gasteiger partial charge in [-0.3, -0.25) is 13.9 Å². The van der Waals surface area contributed by atoms with E-state index in [0.717, 1.165) is 54.4 Å². The van der Waals surface area contributed by atoms with Crippen molar-refractivity contribution in [1.82, 2.24) is 10.2 Å². The van der Waals surface area contributed by atoms with Gasteiger partial charge in [0, 0.05) is 17.6 Å². The van der Waals surface area contributed by atoms with E-state index in [4.69, 9.17) is 11.6 Å². The number of hydrogen-bond donors (Lipinski definition) is 1. The quantitative estimate of drug-likeness (QED) is 0.291. The summed E-state index contributed by atoms with van der Waals surface area (Å²) in [7, 11) is -4.12. The number of carbonyl (C=O) groups excluding carboxylic acids is 2. The van der Waals surface area contributed by atoms with Crippen molar-refractivity contribution in [2.45, 2.75) is 83.3 Å². The van der Waals surface area contributed by atoms with Gasteiger partial charge in [-0.25, -0.2) is 8.42 Å². The van der Waals surface area contributed by atoms with Gasteiger partial charge in [0.2, 0.25) is 11.8 Å². The lowest BCUT2D eigenvalue weighted by atomic mass is 9.95. The number of anilines is 1. The number of halogens is 1. The molecular weight excluding hydrogens is 570 g/mol. The molecule has 0 aromatic heterocycles. The molecule has 0 radical (unpaired) electrons. The van der Waals surface area contributed by atoms with Gasteiger partial charge in [-0.2, -0.15) is 0 Å². The fourth-order valence-corrected chi connectivity index (χ4v) is 6.89. The van der Waals surface area contributed by atoms with E-state index in [1.54, 1.807) is 67.6 Å². The van der Waals surface area contributed by atoms with Crippen molar-refractivity contribution >= 4 is 39.1 Å². The lowest BCUT2D eigenvalue weighted by Gasteiger charge is -2.33. The highest BCUT2D eigenvalue weighted by atomic mass is 35.5. The lowest BCUT2D eigenvalue weighted by Crippen LogP contribution is -2.53. The molecule has 0 saturated heterocycles. The number of nitrogens with one attached hydrogen (secondary N) is 1. The molecule has 42 heavy (non-hydrogen) atoms. The molecule has 1 fully saturated rings. The molecule has 1 N–H and O–H groups in total. The number of aryl methyl sites for hydroxylation is 2. The Bertz CT molecular complexity index is 1500. The first kappa shape index (κ1) is 31.6. The maximum absolute atomic E-state index is 14.2. The van der Waals surface area contributed by atoms with E-state index in [0.29, 0.717) is 10.7 Å². The average molecular weight is 610 g/mol. The van der Waals surface area contributed by atoms with E-state index in [1.807, 2.05) is 26.8 Å². The zero-order chi connectivity index (χ0) is 30.4. The van der Waals surface area contributed by atoms with Gasteiger partial charge in [0.05, 0.1) is 10.6 Å². The Morgan fingerprint density at radius 2 is 1.57 bits per heavy atom. The van der Waals surface area contributed by atoms with Crippen LogP contribution in [0.2, 0.25) is 5.02 Å². The topological polar surface area (TPSA) is 86.8 Å². The molecule has 1 atom stereocenters. The van der Waals surface area contributed by atoms with E-state index in [1.165, 1.54) is 9.21 Å². The zero-order valence-corrected chi connectivity index (χ0v) is 26.3. The number of sulfonamides is 1. The molecule has 1 saturated carbocycles. The predicted octanol–water partition coefficient (Wildman–Crippen LogP) is 6.33. The maximum Gasteiger partial charge on any atom is 0.264 e. The Balaban J connectivity index is 1.70. The Morgan fingerprint density at radius 3 is 2.21 bits per heavy atom. The van der Waals surface area contributed by atoms with Crippen LogP contribution in [0.5, 0.6) is 0 Å². The standard InChI is InChI=1S/C33H40ClN3O4S/c1-23-13-19-30(20-14-23)42(40,41)37(31-12-8-9-24(2)25(31)3)22-32(38)36(21-27-15-17-28(34)18-16-27)26(4)33(39)35-29-10-6-5-7-11-29/h8-9,12-20,26,29H,5-7,10-11,21-22H2,1-4H3,(H,35,39)/t26-/m1/s1. The zero-order valence-electron chi connectivity index (χ0n) is 24.8. The molecule has 0 heterocycles. The fraction of sp³-hybridized carbons (Fsp3) is 0.394. The molecule has 9 heteroatoms. The minimum Gasteiger partial charge on any atom is -0.352 e. The third kappa shape index (κ3) is 7.53. The highest BCUT2D eigenvalue weighted by Gasteiger charge is 2.34. The highest BCUT2D eigenvalue weighted by Crippen LogP contribution is 2.29. The molecule has 3 aromatic rings. The second-order valence-corrected chi connectivity index (χ2v) is 13.5. The van der Waals surface area contributed by atoms with Gasteiger partial charge in [0.25, 0.3) is 10.0 Å². The Hall–Kier alpha value is -3.36. The summed E-state index contributed by atoms with van der Waals surface area (Å²) in [6.45, 7) is 7.00. The predicted molar refractivity (Wildman–Crippen MR) is 168 cm³/mol. The molecule has 2 amide bonds. The Kier molecular flexibility index (Phi) is 10.3. The maximum atomic E-state index is 14.2. The summed E-state index contributed by atoms with van der Waals surface area (Å²) in [4.78, 5) is 29.2. The van der Waals surface area contributed by atoms with E-state index in [2.05, 4.69) is 5.32 Å². The average Bonchev–Trinajstić information content (AvgIpc) is 2.97. The summed E-state index contributed by atoms with van der Waals surface area (Å²) in [5.41, 5.74) is 3.80. The van der Waals surface area contributed by atoms with E-state index < -0.39 is 28.5 Å². The number of carbonyl (C=O) groups is 2. The van der Waals surface area contributed by atoms with Gasteiger partial charge in [0.15, 0.2) is 0 Å². The Morgan fingerprint density at radius 1 is 0.929 bits per heavy atom. The largest absolute Gasteiger partial charge is 0.352 e. The molecular formula is C33H40ClN3O4S. The van der Waals surface area contributed by atoms with E-state index in [-0.39, 0.29) is 23.4 Å². The van der Waals surface area contributed by atoms with E-state index in [9.17, 15) is 18.0 Å². The third-order valence-corrected chi connectivity index (χ3v) is 10.1. The van der Waals surface area contributed by atoms with Crippen LogP contribution in [-0.2, 0) is 26.2 Å². The molecule has 0 spiro atoms. The molecule has 0 bridgehead atoms. The smallest absolute Gasteiger partial charge is 0.264 e. The fourth-order valence-electron chi connectivity index (χ4n) is 5.29. The van der Waals surface area contributed by atoms with E-state index >= 15 is 0 Å². The van der Waals surface area contributed by atoms with Crippen LogP contribution in [0.25, 0.3) is 0 Å². The summed E-state index contributed by atoms with van der Waals surface area (Å²) in [5.74, 6) is -0.725. The number of hydrogen-bond acceptors (Lipinski definition) is 4. The van der Waals surface area contributed by atoms with Crippen molar-refractivity contribution in [2.75, 3.05) is 10.8 Å². The minimum absolute atomic E-state index is 0.0783. The van der Waals surface area contributed by atoms with Crippen LogP contribution >= 0.6 is 11.6 Å². The first-order valence-corrected chi connectivity index (χ1v) is 16.3. The Labute approximate surface area is 254 Å². The number of amides is 2. The number of nitrogens with zero attached hydrogens (tertiary/aromatic N) is 2. The molecule has 3 aromatic carbocycles. The van der Waals surface area contributed by atoms with Crippen molar-refractivity contribution < 1.29 is 18.0 Å². The van der Waals surface area contributed by atoms with Crippen molar-refractivity contribution in [3.05, 3.63) is 94.0 Å². The molecule has 0 aliphatic heterocycles. The first-order chi connectivity index (χ1) is 20.0. The van der Waals surface area contributed by atoms with Crippen LogP contribution in [0.4, 0.5) is 5.69 Å². The lowest BCUT2D eigenvalue weighted by molar-refractivity contribution is -0.139. The molecule has 1 aliphatic rings. The van der Waals surface area contributed by atoms with Crippen molar-refractivity contribution in [3.8, 4) is 0 Å². The van der Waals surface area contributed by atoms with Gasteiger partial charge >= 0.3 is 0 Å².